The SMILES string of the molecule is O=[N+]([O-])c1cccc(-c2csc3nc(Cl)nc(N4CCN(c5ccc(F)cc5)CC4)c23)c1. The molecule has 2 aromatic carbocycles. The van der Waals surface area contributed by atoms with Crippen molar-refractivity contribution < 1.29 is 9.31 Å². The highest BCUT2D eigenvalue weighted by Gasteiger charge is 2.24. The van der Waals surface area contributed by atoms with Gasteiger partial charge in [0.1, 0.15) is 16.5 Å². The summed E-state index contributed by atoms with van der Waals surface area (Å²) in [6, 6.07) is 13.0. The molecule has 1 fully saturated rings. The van der Waals surface area contributed by atoms with E-state index < -0.39 is 4.92 Å². The number of non-ortho nitro benzene ring substituents is 1. The van der Waals surface area contributed by atoms with Gasteiger partial charge in [0.05, 0.1) is 10.3 Å². The van der Waals surface area contributed by atoms with Crippen LogP contribution in [0, 0.1) is 15.9 Å². The minimum Gasteiger partial charge on any atom is -0.368 e. The lowest BCUT2D eigenvalue weighted by molar-refractivity contribution is -0.384. The smallest absolute Gasteiger partial charge is 0.270 e. The number of hydrogen-bond donors (Lipinski definition) is 0. The number of thiophene rings is 1. The van der Waals surface area contributed by atoms with E-state index in [0.29, 0.717) is 13.1 Å². The molecule has 5 rings (SSSR count). The Morgan fingerprint density at radius 2 is 1.75 bits per heavy atom. The van der Waals surface area contributed by atoms with Crippen LogP contribution in [0.2, 0.25) is 5.28 Å². The van der Waals surface area contributed by atoms with E-state index in [1.165, 1.54) is 29.5 Å². The number of anilines is 2. The molecule has 3 heterocycles. The molecule has 0 saturated carbocycles. The molecule has 0 unspecified atom stereocenters. The lowest BCUT2D eigenvalue weighted by Crippen LogP contribution is -2.47. The largest absolute Gasteiger partial charge is 0.368 e. The second kappa shape index (κ2) is 8.33. The van der Waals surface area contributed by atoms with Crippen molar-refractivity contribution in [1.29, 1.82) is 0 Å². The van der Waals surface area contributed by atoms with Gasteiger partial charge in [-0.2, -0.15) is 4.98 Å². The highest BCUT2D eigenvalue weighted by molar-refractivity contribution is 7.17. The first-order chi connectivity index (χ1) is 15.5. The minimum atomic E-state index is -0.402. The molecule has 32 heavy (non-hydrogen) atoms. The summed E-state index contributed by atoms with van der Waals surface area (Å²) in [6.45, 7) is 2.88. The van der Waals surface area contributed by atoms with E-state index in [0.717, 1.165) is 45.9 Å². The van der Waals surface area contributed by atoms with Crippen molar-refractivity contribution in [3.8, 4) is 11.1 Å². The maximum absolute atomic E-state index is 13.3. The quantitative estimate of drug-likeness (QED) is 0.227. The molecule has 4 aromatic rings. The number of nitro groups is 1. The van der Waals surface area contributed by atoms with Crippen LogP contribution in [-0.4, -0.2) is 41.1 Å². The van der Waals surface area contributed by atoms with Crippen LogP contribution in [0.15, 0.2) is 53.9 Å². The molecule has 162 valence electrons. The highest BCUT2D eigenvalue weighted by Crippen LogP contribution is 2.40. The zero-order chi connectivity index (χ0) is 22.2. The van der Waals surface area contributed by atoms with Crippen LogP contribution in [0.3, 0.4) is 0 Å². The summed E-state index contributed by atoms with van der Waals surface area (Å²) in [6.07, 6.45) is 0. The number of aromatic nitrogens is 2. The van der Waals surface area contributed by atoms with Crippen molar-refractivity contribution in [3.63, 3.8) is 0 Å². The Hall–Kier alpha value is -3.30. The zero-order valence-electron chi connectivity index (χ0n) is 16.7. The third-order valence-corrected chi connectivity index (χ3v) is 6.57. The number of piperazine rings is 1. The highest BCUT2D eigenvalue weighted by atomic mass is 35.5. The number of halogens is 2. The van der Waals surface area contributed by atoms with Gasteiger partial charge in [0.15, 0.2) is 0 Å². The molecule has 7 nitrogen and oxygen atoms in total. The Morgan fingerprint density at radius 3 is 2.47 bits per heavy atom. The average molecular weight is 470 g/mol. The van der Waals surface area contributed by atoms with Gasteiger partial charge >= 0.3 is 0 Å². The summed E-state index contributed by atoms with van der Waals surface area (Å²) in [5.74, 6) is 0.470. The first-order valence-corrected chi connectivity index (χ1v) is 11.2. The molecule has 0 spiro atoms. The van der Waals surface area contributed by atoms with Gasteiger partial charge in [0.2, 0.25) is 5.28 Å². The van der Waals surface area contributed by atoms with E-state index in [2.05, 4.69) is 19.8 Å². The molecular formula is C22H17ClFN5O2S. The fourth-order valence-corrected chi connectivity index (χ4v) is 5.11. The maximum Gasteiger partial charge on any atom is 0.270 e. The van der Waals surface area contributed by atoms with Gasteiger partial charge in [0, 0.05) is 54.9 Å². The van der Waals surface area contributed by atoms with Crippen molar-refractivity contribution in [2.24, 2.45) is 0 Å². The zero-order valence-corrected chi connectivity index (χ0v) is 18.3. The van der Waals surface area contributed by atoms with Crippen LogP contribution in [0.4, 0.5) is 21.6 Å². The Bertz CT molecular complexity index is 1310. The molecule has 2 aromatic heterocycles. The maximum atomic E-state index is 13.3. The van der Waals surface area contributed by atoms with Gasteiger partial charge in [-0.05, 0) is 41.4 Å². The predicted molar refractivity (Wildman–Crippen MR) is 125 cm³/mol. The van der Waals surface area contributed by atoms with Gasteiger partial charge in [-0.25, -0.2) is 9.37 Å². The Balaban J connectivity index is 1.49. The summed E-state index contributed by atoms with van der Waals surface area (Å²) in [7, 11) is 0. The van der Waals surface area contributed by atoms with E-state index >= 15 is 0 Å². The Kier molecular flexibility index (Phi) is 5.36. The normalized spacial score (nSPS) is 14.2. The Morgan fingerprint density at radius 1 is 1.03 bits per heavy atom. The molecule has 1 saturated heterocycles. The van der Waals surface area contributed by atoms with Crippen LogP contribution in [0.5, 0.6) is 0 Å². The van der Waals surface area contributed by atoms with E-state index in [1.54, 1.807) is 24.3 Å². The lowest BCUT2D eigenvalue weighted by Gasteiger charge is -2.37. The van der Waals surface area contributed by atoms with Crippen molar-refractivity contribution >= 4 is 50.3 Å². The number of hydrogen-bond acceptors (Lipinski definition) is 7. The summed E-state index contributed by atoms with van der Waals surface area (Å²) >= 11 is 7.66. The van der Waals surface area contributed by atoms with E-state index in [1.807, 2.05) is 11.4 Å². The van der Waals surface area contributed by atoms with Gasteiger partial charge in [-0.3, -0.25) is 10.1 Å². The summed E-state index contributed by atoms with van der Waals surface area (Å²) < 4.78 is 13.3. The molecule has 1 aliphatic rings. The van der Waals surface area contributed by atoms with Gasteiger partial charge < -0.3 is 9.80 Å². The van der Waals surface area contributed by atoms with Crippen molar-refractivity contribution in [1.82, 2.24) is 9.97 Å². The molecule has 1 aliphatic heterocycles. The molecule has 0 radical (unpaired) electrons. The Labute approximate surface area is 191 Å². The van der Waals surface area contributed by atoms with Crippen LogP contribution >= 0.6 is 22.9 Å². The van der Waals surface area contributed by atoms with Gasteiger partial charge in [0.25, 0.3) is 5.69 Å². The third-order valence-electron chi connectivity index (χ3n) is 5.53. The summed E-state index contributed by atoms with van der Waals surface area (Å²) in [4.78, 5) is 24.8. The number of rotatable bonds is 4. The molecule has 0 aliphatic carbocycles. The van der Waals surface area contributed by atoms with Crippen molar-refractivity contribution in [3.05, 3.63) is 75.1 Å². The number of nitrogens with zero attached hydrogens (tertiary/aromatic N) is 5. The average Bonchev–Trinajstić information content (AvgIpc) is 3.23. The lowest BCUT2D eigenvalue weighted by atomic mass is 10.0. The monoisotopic (exact) mass is 469 g/mol. The van der Waals surface area contributed by atoms with E-state index in [9.17, 15) is 14.5 Å². The first-order valence-electron chi connectivity index (χ1n) is 9.94. The van der Waals surface area contributed by atoms with Crippen LogP contribution < -0.4 is 9.80 Å². The van der Waals surface area contributed by atoms with Crippen LogP contribution in [0.25, 0.3) is 21.3 Å². The molecule has 0 bridgehead atoms. The van der Waals surface area contributed by atoms with Gasteiger partial charge in [-0.1, -0.05) is 12.1 Å². The number of nitro benzene ring substituents is 1. The minimum absolute atomic E-state index is 0.0335. The van der Waals surface area contributed by atoms with Gasteiger partial charge in [-0.15, -0.1) is 11.3 Å². The van der Waals surface area contributed by atoms with E-state index in [4.69, 9.17) is 11.6 Å². The van der Waals surface area contributed by atoms with Crippen molar-refractivity contribution in [2.75, 3.05) is 36.0 Å². The van der Waals surface area contributed by atoms with Crippen molar-refractivity contribution in [2.45, 2.75) is 0 Å². The standard InChI is InChI=1S/C22H17ClFN5O2S/c23-22-25-20(28-10-8-27(9-11-28)16-6-4-15(24)5-7-16)19-18(13-32-21(19)26-22)14-2-1-3-17(12-14)29(30)31/h1-7,12-13H,8-11H2. The molecule has 0 N–H and O–H groups in total. The molecular weight excluding hydrogens is 453 g/mol. The second-order valence-electron chi connectivity index (χ2n) is 7.40. The third kappa shape index (κ3) is 3.85. The van der Waals surface area contributed by atoms with Crippen LogP contribution in [0.1, 0.15) is 0 Å². The summed E-state index contributed by atoms with van der Waals surface area (Å²) in [5, 5.41) is 14.2. The number of fused-ring (bicyclic) bond motifs is 1. The fourth-order valence-electron chi connectivity index (χ4n) is 3.95. The second-order valence-corrected chi connectivity index (χ2v) is 8.60. The van der Waals surface area contributed by atoms with Crippen LogP contribution in [-0.2, 0) is 0 Å². The van der Waals surface area contributed by atoms with E-state index in [-0.39, 0.29) is 16.8 Å². The summed E-state index contributed by atoms with van der Waals surface area (Å²) in [5.41, 5.74) is 2.60. The molecule has 0 amide bonds. The first kappa shape index (κ1) is 20.6. The number of benzene rings is 2. The fraction of sp³-hybridized carbons (Fsp3) is 0.182. The topological polar surface area (TPSA) is 75.4 Å². The molecule has 10 heteroatoms. The molecule has 0 atom stereocenters. The predicted octanol–water partition coefficient (Wildman–Crippen LogP) is 5.39.